The number of halogens is 2. The topological polar surface area (TPSA) is 81.2 Å². The number of nitrogens with zero attached hydrogens (tertiary/aromatic N) is 1. The minimum atomic E-state index is -0.537. The Kier molecular flexibility index (Phi) is 3.52. The molecule has 7 heteroatoms. The zero-order valence-corrected chi connectivity index (χ0v) is 10.3. The van der Waals surface area contributed by atoms with Gasteiger partial charge in [0.25, 0.3) is 5.69 Å². The van der Waals surface area contributed by atoms with Crippen molar-refractivity contribution in [3.05, 3.63) is 57.4 Å². The molecule has 0 amide bonds. The van der Waals surface area contributed by atoms with Gasteiger partial charge >= 0.3 is 0 Å². The van der Waals surface area contributed by atoms with Gasteiger partial charge in [-0.05, 0) is 24.3 Å². The maximum Gasteiger partial charge on any atom is 0.271 e. The first-order chi connectivity index (χ1) is 8.97. The summed E-state index contributed by atoms with van der Waals surface area (Å²) in [6.45, 7) is 0. The molecule has 0 saturated carbocycles. The molecule has 0 unspecified atom stereocenters. The third-order valence-electron chi connectivity index (χ3n) is 2.45. The zero-order chi connectivity index (χ0) is 14.0. The Morgan fingerprint density at radius 3 is 2.47 bits per heavy atom. The van der Waals surface area contributed by atoms with Crippen molar-refractivity contribution < 1.29 is 9.31 Å². The Morgan fingerprint density at radius 1 is 1.21 bits per heavy atom. The average molecular weight is 282 g/mol. The van der Waals surface area contributed by atoms with Crippen LogP contribution in [0.2, 0.25) is 5.02 Å². The normalized spacial score (nSPS) is 10.2. The second-order valence-corrected chi connectivity index (χ2v) is 4.19. The SMILES string of the molecule is Nc1cc([N+](=O)[O-])ccc1Nc1ccc(F)cc1Cl. The van der Waals surface area contributed by atoms with Crippen molar-refractivity contribution in [1.29, 1.82) is 0 Å². The van der Waals surface area contributed by atoms with E-state index in [1.165, 1.54) is 30.3 Å². The molecule has 5 nitrogen and oxygen atoms in total. The van der Waals surface area contributed by atoms with Crippen LogP contribution in [0, 0.1) is 15.9 Å². The number of nitrogen functional groups attached to an aromatic ring is 1. The molecule has 0 heterocycles. The molecule has 2 rings (SSSR count). The van der Waals surface area contributed by atoms with Crippen molar-refractivity contribution in [3.63, 3.8) is 0 Å². The smallest absolute Gasteiger partial charge is 0.271 e. The van der Waals surface area contributed by atoms with Crippen molar-refractivity contribution in [1.82, 2.24) is 0 Å². The number of nitrogens with one attached hydrogen (secondary N) is 1. The molecule has 2 aromatic rings. The first-order valence-electron chi connectivity index (χ1n) is 5.23. The number of nitrogens with two attached hydrogens (primary N) is 1. The number of non-ortho nitro benzene ring substituents is 1. The van der Waals surface area contributed by atoms with Gasteiger partial charge in [-0.1, -0.05) is 11.6 Å². The van der Waals surface area contributed by atoms with Crippen molar-refractivity contribution in [2.75, 3.05) is 11.1 Å². The third kappa shape index (κ3) is 2.92. The van der Waals surface area contributed by atoms with Gasteiger partial charge in [0.15, 0.2) is 0 Å². The molecule has 98 valence electrons. The van der Waals surface area contributed by atoms with Crippen molar-refractivity contribution in [3.8, 4) is 0 Å². The van der Waals surface area contributed by atoms with Crippen LogP contribution in [0.25, 0.3) is 0 Å². The number of rotatable bonds is 3. The van der Waals surface area contributed by atoms with E-state index >= 15 is 0 Å². The number of anilines is 3. The van der Waals surface area contributed by atoms with Crippen LogP contribution in [0.3, 0.4) is 0 Å². The Bertz CT molecular complexity index is 649. The van der Waals surface area contributed by atoms with Crippen LogP contribution in [-0.4, -0.2) is 4.92 Å². The van der Waals surface area contributed by atoms with Crippen LogP contribution in [0.5, 0.6) is 0 Å². The van der Waals surface area contributed by atoms with Gasteiger partial charge < -0.3 is 11.1 Å². The molecule has 19 heavy (non-hydrogen) atoms. The second-order valence-electron chi connectivity index (χ2n) is 3.78. The molecule has 0 atom stereocenters. The number of hydrogen-bond acceptors (Lipinski definition) is 4. The maximum atomic E-state index is 12.9. The predicted octanol–water partition coefficient (Wildman–Crippen LogP) is 3.71. The Balaban J connectivity index is 2.31. The lowest BCUT2D eigenvalue weighted by Gasteiger charge is -2.10. The number of hydrogen-bond donors (Lipinski definition) is 2. The fourth-order valence-electron chi connectivity index (χ4n) is 1.51. The Morgan fingerprint density at radius 2 is 1.89 bits per heavy atom. The van der Waals surface area contributed by atoms with Crippen molar-refractivity contribution in [2.45, 2.75) is 0 Å². The highest BCUT2D eigenvalue weighted by Gasteiger charge is 2.10. The number of benzene rings is 2. The molecule has 3 N–H and O–H groups in total. The van der Waals surface area contributed by atoms with Crippen LogP contribution < -0.4 is 11.1 Å². The number of nitro groups is 1. The largest absolute Gasteiger partial charge is 0.397 e. The van der Waals surface area contributed by atoms with Gasteiger partial charge in [-0.25, -0.2) is 4.39 Å². The van der Waals surface area contributed by atoms with Gasteiger partial charge in [-0.3, -0.25) is 10.1 Å². The van der Waals surface area contributed by atoms with E-state index in [2.05, 4.69) is 5.32 Å². The molecule has 0 fully saturated rings. The van der Waals surface area contributed by atoms with Crippen LogP contribution in [0.15, 0.2) is 36.4 Å². The third-order valence-corrected chi connectivity index (χ3v) is 2.76. The summed E-state index contributed by atoms with van der Waals surface area (Å²) in [4.78, 5) is 10.0. The quantitative estimate of drug-likeness (QED) is 0.510. The lowest BCUT2D eigenvalue weighted by Crippen LogP contribution is -1.98. The highest BCUT2D eigenvalue weighted by molar-refractivity contribution is 6.33. The summed E-state index contributed by atoms with van der Waals surface area (Å²) in [6, 6.07) is 7.88. The summed E-state index contributed by atoms with van der Waals surface area (Å²) in [5.74, 6) is -0.452. The molecule has 0 aliphatic heterocycles. The van der Waals surface area contributed by atoms with Gasteiger partial charge in [0, 0.05) is 12.1 Å². The standard InChI is InChI=1S/C12H9ClFN3O2/c13-9-5-7(14)1-3-11(9)16-12-4-2-8(17(18)19)6-10(12)15/h1-6,16H,15H2. The fourth-order valence-corrected chi connectivity index (χ4v) is 1.73. The molecular formula is C12H9ClFN3O2. The zero-order valence-electron chi connectivity index (χ0n) is 9.56. The lowest BCUT2D eigenvalue weighted by atomic mass is 10.2. The first kappa shape index (κ1) is 13.1. The molecule has 0 spiro atoms. The first-order valence-corrected chi connectivity index (χ1v) is 5.61. The Hall–Kier alpha value is -2.34. The summed E-state index contributed by atoms with van der Waals surface area (Å²) in [6.07, 6.45) is 0. The monoisotopic (exact) mass is 281 g/mol. The van der Waals surface area contributed by atoms with Crippen LogP contribution in [-0.2, 0) is 0 Å². The van der Waals surface area contributed by atoms with Gasteiger partial charge in [0.1, 0.15) is 5.82 Å². The number of nitro benzene ring substituents is 1. The Labute approximate surface area is 113 Å². The van der Waals surface area contributed by atoms with Crippen LogP contribution in [0.1, 0.15) is 0 Å². The van der Waals surface area contributed by atoms with E-state index in [1.54, 1.807) is 0 Å². The molecule has 0 aliphatic carbocycles. The molecule has 2 aromatic carbocycles. The van der Waals surface area contributed by atoms with Crippen LogP contribution in [0.4, 0.5) is 27.1 Å². The molecular weight excluding hydrogens is 273 g/mol. The van der Waals surface area contributed by atoms with Crippen LogP contribution >= 0.6 is 11.6 Å². The fraction of sp³-hybridized carbons (Fsp3) is 0. The molecule has 0 aromatic heterocycles. The van der Waals surface area contributed by atoms with Crippen molar-refractivity contribution >= 4 is 34.4 Å². The molecule has 0 aliphatic rings. The predicted molar refractivity (Wildman–Crippen MR) is 72.2 cm³/mol. The van der Waals surface area contributed by atoms with Gasteiger partial charge in [-0.15, -0.1) is 0 Å². The van der Waals surface area contributed by atoms with Crippen molar-refractivity contribution in [2.24, 2.45) is 0 Å². The summed E-state index contributed by atoms with van der Waals surface area (Å²) in [5.41, 5.74) is 6.72. The lowest BCUT2D eigenvalue weighted by molar-refractivity contribution is -0.384. The highest BCUT2D eigenvalue weighted by atomic mass is 35.5. The van der Waals surface area contributed by atoms with E-state index in [9.17, 15) is 14.5 Å². The van der Waals surface area contributed by atoms with E-state index < -0.39 is 10.7 Å². The molecule has 0 bridgehead atoms. The van der Waals surface area contributed by atoms with E-state index in [0.29, 0.717) is 11.4 Å². The summed E-state index contributed by atoms with van der Waals surface area (Å²) in [7, 11) is 0. The summed E-state index contributed by atoms with van der Waals surface area (Å²) < 4.78 is 12.9. The average Bonchev–Trinajstić information content (AvgIpc) is 2.34. The van der Waals surface area contributed by atoms with E-state index in [4.69, 9.17) is 17.3 Å². The maximum absolute atomic E-state index is 12.9. The van der Waals surface area contributed by atoms with E-state index in [1.807, 2.05) is 0 Å². The van der Waals surface area contributed by atoms with E-state index in [-0.39, 0.29) is 16.4 Å². The van der Waals surface area contributed by atoms with Gasteiger partial charge in [0.05, 0.1) is 27.0 Å². The second kappa shape index (κ2) is 5.11. The molecule has 0 radical (unpaired) electrons. The van der Waals surface area contributed by atoms with Gasteiger partial charge in [0.2, 0.25) is 0 Å². The summed E-state index contributed by atoms with van der Waals surface area (Å²) >= 11 is 5.86. The van der Waals surface area contributed by atoms with E-state index in [0.717, 1.165) is 6.07 Å². The highest BCUT2D eigenvalue weighted by Crippen LogP contribution is 2.30. The van der Waals surface area contributed by atoms with Gasteiger partial charge in [-0.2, -0.15) is 0 Å². The minimum absolute atomic E-state index is 0.103. The minimum Gasteiger partial charge on any atom is -0.397 e. The summed E-state index contributed by atoms with van der Waals surface area (Å²) in [5, 5.41) is 13.7. The molecule has 0 saturated heterocycles.